The van der Waals surface area contributed by atoms with Crippen molar-refractivity contribution in [2.45, 2.75) is 32.0 Å². The minimum Gasteiger partial charge on any atom is -0.483 e. The molecule has 1 aromatic heterocycles. The number of carbonyl (C=O) groups is 1. The van der Waals surface area contributed by atoms with E-state index in [0.717, 1.165) is 23.3 Å². The quantitative estimate of drug-likeness (QED) is 0.621. The molecule has 3 aromatic rings. The normalized spacial score (nSPS) is 15.2. The number of furan rings is 1. The van der Waals surface area contributed by atoms with Crippen LogP contribution in [0.4, 0.5) is 0 Å². The molecule has 0 bridgehead atoms. The molecule has 0 fully saturated rings. The fourth-order valence-corrected chi connectivity index (χ4v) is 3.54. The largest absolute Gasteiger partial charge is 0.483 e. The first-order valence-electron chi connectivity index (χ1n) is 9.94. The Kier molecular flexibility index (Phi) is 5.50. The number of aliphatic hydroxyl groups excluding tert-OH is 1. The number of aliphatic hydroxyl groups is 1. The van der Waals surface area contributed by atoms with Crippen LogP contribution in [0.25, 0.3) is 11.3 Å². The third-order valence-corrected chi connectivity index (χ3v) is 5.01. The maximum absolute atomic E-state index is 12.2. The SMILES string of the molecule is CC1(C)Cc2cccc(OCC(=O)NC[C@H](O)c3ccc(-c4ccco4)cc3)c2O1. The molecular weight excluding hydrogens is 382 g/mol. The molecule has 2 aromatic carbocycles. The van der Waals surface area contributed by atoms with Gasteiger partial charge in [-0.25, -0.2) is 0 Å². The number of ether oxygens (including phenoxy) is 2. The Morgan fingerprint density at radius 2 is 1.97 bits per heavy atom. The number of hydrogen-bond acceptors (Lipinski definition) is 5. The second-order valence-corrected chi connectivity index (χ2v) is 7.99. The van der Waals surface area contributed by atoms with Crippen molar-refractivity contribution in [1.29, 1.82) is 0 Å². The Bertz CT molecular complexity index is 1010. The van der Waals surface area contributed by atoms with E-state index in [1.807, 2.05) is 62.4 Å². The lowest BCUT2D eigenvalue weighted by Gasteiger charge is -2.18. The third kappa shape index (κ3) is 4.49. The van der Waals surface area contributed by atoms with Gasteiger partial charge in [0.2, 0.25) is 0 Å². The number of rotatable bonds is 7. The van der Waals surface area contributed by atoms with Crippen molar-refractivity contribution in [3.63, 3.8) is 0 Å². The van der Waals surface area contributed by atoms with Crippen LogP contribution in [0.1, 0.15) is 31.1 Å². The Morgan fingerprint density at radius 1 is 1.17 bits per heavy atom. The maximum Gasteiger partial charge on any atom is 0.258 e. The molecule has 1 atom stereocenters. The number of amides is 1. The van der Waals surface area contributed by atoms with Gasteiger partial charge in [-0.15, -0.1) is 0 Å². The molecule has 6 nitrogen and oxygen atoms in total. The van der Waals surface area contributed by atoms with Gasteiger partial charge in [-0.3, -0.25) is 4.79 Å². The van der Waals surface area contributed by atoms with Crippen molar-refractivity contribution in [2.24, 2.45) is 0 Å². The molecule has 1 amide bonds. The van der Waals surface area contributed by atoms with Crippen LogP contribution in [0.3, 0.4) is 0 Å². The van der Waals surface area contributed by atoms with E-state index >= 15 is 0 Å². The fourth-order valence-electron chi connectivity index (χ4n) is 3.54. The van der Waals surface area contributed by atoms with E-state index in [1.54, 1.807) is 12.3 Å². The van der Waals surface area contributed by atoms with E-state index in [0.29, 0.717) is 17.1 Å². The first-order valence-corrected chi connectivity index (χ1v) is 9.94. The highest BCUT2D eigenvalue weighted by Crippen LogP contribution is 2.41. The zero-order valence-electron chi connectivity index (χ0n) is 17.1. The van der Waals surface area contributed by atoms with Gasteiger partial charge >= 0.3 is 0 Å². The van der Waals surface area contributed by atoms with Gasteiger partial charge in [0.05, 0.1) is 12.4 Å². The number of carbonyl (C=O) groups excluding carboxylic acids is 1. The number of fused-ring (bicyclic) bond motifs is 1. The number of para-hydroxylation sites is 1. The molecule has 156 valence electrons. The molecule has 0 spiro atoms. The van der Waals surface area contributed by atoms with Gasteiger partial charge in [-0.2, -0.15) is 0 Å². The molecule has 0 saturated carbocycles. The van der Waals surface area contributed by atoms with Crippen LogP contribution in [0.15, 0.2) is 65.3 Å². The lowest BCUT2D eigenvalue weighted by atomic mass is 10.0. The number of benzene rings is 2. The van der Waals surface area contributed by atoms with Crippen LogP contribution in [0.5, 0.6) is 11.5 Å². The molecule has 6 heteroatoms. The summed E-state index contributed by atoms with van der Waals surface area (Å²) >= 11 is 0. The van der Waals surface area contributed by atoms with Crippen LogP contribution in [-0.4, -0.2) is 29.8 Å². The highest BCUT2D eigenvalue weighted by molar-refractivity contribution is 5.77. The average molecular weight is 407 g/mol. The lowest BCUT2D eigenvalue weighted by Crippen LogP contribution is -2.32. The van der Waals surface area contributed by atoms with Crippen LogP contribution in [-0.2, 0) is 11.2 Å². The van der Waals surface area contributed by atoms with Gasteiger partial charge in [0.15, 0.2) is 18.1 Å². The Labute approximate surface area is 175 Å². The molecule has 0 radical (unpaired) electrons. The first-order chi connectivity index (χ1) is 14.4. The molecule has 1 aliphatic rings. The van der Waals surface area contributed by atoms with Crippen LogP contribution < -0.4 is 14.8 Å². The van der Waals surface area contributed by atoms with Crippen LogP contribution in [0.2, 0.25) is 0 Å². The van der Waals surface area contributed by atoms with Crippen LogP contribution in [0, 0.1) is 0 Å². The summed E-state index contributed by atoms with van der Waals surface area (Å²) in [6.45, 7) is 3.99. The summed E-state index contributed by atoms with van der Waals surface area (Å²) in [4.78, 5) is 12.2. The average Bonchev–Trinajstić information content (AvgIpc) is 3.37. The van der Waals surface area contributed by atoms with Crippen molar-refractivity contribution in [3.8, 4) is 22.8 Å². The summed E-state index contributed by atoms with van der Waals surface area (Å²) in [7, 11) is 0. The first kappa shape index (κ1) is 20.0. The monoisotopic (exact) mass is 407 g/mol. The Hall–Kier alpha value is -3.25. The summed E-state index contributed by atoms with van der Waals surface area (Å²) in [5.41, 5.74) is 2.43. The zero-order valence-corrected chi connectivity index (χ0v) is 17.1. The molecule has 0 saturated heterocycles. The minimum atomic E-state index is -0.815. The standard InChI is InChI=1S/C24H25NO5/c1-24(2)13-18-5-3-6-21(23(18)30-24)29-15-22(27)25-14-19(26)16-8-10-17(11-9-16)20-7-4-12-28-20/h3-12,19,26H,13-15H2,1-2H3,(H,25,27)/t19-/m0/s1. The smallest absolute Gasteiger partial charge is 0.258 e. The summed E-state index contributed by atoms with van der Waals surface area (Å²) in [6, 6.07) is 16.8. The second-order valence-electron chi connectivity index (χ2n) is 7.99. The van der Waals surface area contributed by atoms with E-state index in [-0.39, 0.29) is 24.7 Å². The fraction of sp³-hybridized carbons (Fsp3) is 0.292. The number of nitrogens with one attached hydrogen (secondary N) is 1. The summed E-state index contributed by atoms with van der Waals surface area (Å²) < 4.78 is 17.0. The van der Waals surface area contributed by atoms with E-state index in [9.17, 15) is 9.90 Å². The van der Waals surface area contributed by atoms with Crippen molar-refractivity contribution in [2.75, 3.05) is 13.2 Å². The van der Waals surface area contributed by atoms with Crippen molar-refractivity contribution >= 4 is 5.91 Å². The lowest BCUT2D eigenvalue weighted by molar-refractivity contribution is -0.123. The Morgan fingerprint density at radius 3 is 2.70 bits per heavy atom. The van der Waals surface area contributed by atoms with Gasteiger partial charge in [0, 0.05) is 24.1 Å². The van der Waals surface area contributed by atoms with Crippen molar-refractivity contribution in [1.82, 2.24) is 5.32 Å². The molecule has 2 heterocycles. The third-order valence-electron chi connectivity index (χ3n) is 5.01. The van der Waals surface area contributed by atoms with Gasteiger partial charge in [-0.1, -0.05) is 36.4 Å². The summed E-state index contributed by atoms with van der Waals surface area (Å²) in [5, 5.41) is 13.1. The zero-order chi connectivity index (χ0) is 21.1. The predicted molar refractivity (Wildman–Crippen MR) is 112 cm³/mol. The maximum atomic E-state index is 12.2. The van der Waals surface area contributed by atoms with Crippen molar-refractivity contribution in [3.05, 3.63) is 72.0 Å². The van der Waals surface area contributed by atoms with Gasteiger partial charge < -0.3 is 24.3 Å². The molecule has 30 heavy (non-hydrogen) atoms. The molecular formula is C24H25NO5. The van der Waals surface area contributed by atoms with E-state index < -0.39 is 6.10 Å². The summed E-state index contributed by atoms with van der Waals surface area (Å²) in [6.07, 6.45) is 1.60. The van der Waals surface area contributed by atoms with Gasteiger partial charge in [0.1, 0.15) is 11.4 Å². The topological polar surface area (TPSA) is 80.9 Å². The van der Waals surface area contributed by atoms with Crippen molar-refractivity contribution < 1.29 is 23.8 Å². The molecule has 1 aliphatic heterocycles. The molecule has 4 rings (SSSR count). The summed E-state index contributed by atoms with van der Waals surface area (Å²) in [5.74, 6) is 1.71. The van der Waals surface area contributed by atoms with Gasteiger partial charge in [0.25, 0.3) is 5.91 Å². The minimum absolute atomic E-state index is 0.0960. The van der Waals surface area contributed by atoms with E-state index in [4.69, 9.17) is 13.9 Å². The van der Waals surface area contributed by atoms with Gasteiger partial charge in [-0.05, 0) is 37.6 Å². The highest BCUT2D eigenvalue weighted by Gasteiger charge is 2.32. The molecule has 2 N–H and O–H groups in total. The molecule has 0 unspecified atom stereocenters. The predicted octanol–water partition coefficient (Wildman–Crippen LogP) is 3.89. The molecule has 0 aliphatic carbocycles. The van der Waals surface area contributed by atoms with E-state index in [2.05, 4.69) is 5.32 Å². The highest BCUT2D eigenvalue weighted by atomic mass is 16.5. The van der Waals surface area contributed by atoms with Crippen LogP contribution >= 0.6 is 0 Å². The Balaban J connectivity index is 1.28. The second kappa shape index (κ2) is 8.24. The van der Waals surface area contributed by atoms with E-state index in [1.165, 1.54) is 0 Å². The number of hydrogen-bond donors (Lipinski definition) is 2.